The van der Waals surface area contributed by atoms with Crippen molar-refractivity contribution in [2.45, 2.75) is 30.7 Å². The molecular formula is C14H23N3O2S. The molecule has 0 spiro atoms. The Morgan fingerprint density at radius 2 is 2.00 bits per heavy atom. The van der Waals surface area contributed by atoms with Crippen LogP contribution in [0.15, 0.2) is 29.2 Å². The van der Waals surface area contributed by atoms with Gasteiger partial charge in [0.1, 0.15) is 4.90 Å². The summed E-state index contributed by atoms with van der Waals surface area (Å²) in [4.78, 5) is 2.63. The summed E-state index contributed by atoms with van der Waals surface area (Å²) in [5.41, 5.74) is 0.664. The summed E-state index contributed by atoms with van der Waals surface area (Å²) in [7, 11) is -1.31. The molecule has 1 saturated carbocycles. The third-order valence-electron chi connectivity index (χ3n) is 3.46. The Labute approximate surface area is 121 Å². The van der Waals surface area contributed by atoms with Gasteiger partial charge in [0.15, 0.2) is 0 Å². The third-order valence-corrected chi connectivity index (χ3v) is 5.06. The standard InChI is InChI=1S/C14H23N3O2S/c1-3-16-20(18,19)14-7-5-4-6-13(14)15-10-11-17(2)12-8-9-12/h4-7,12,15-16H,3,8-11H2,1-2H3. The maximum absolute atomic E-state index is 12.1. The highest BCUT2D eigenvalue weighted by atomic mass is 32.2. The van der Waals surface area contributed by atoms with Crippen LogP contribution in [0.25, 0.3) is 0 Å². The lowest BCUT2D eigenvalue weighted by molar-refractivity contribution is 0.337. The van der Waals surface area contributed by atoms with Crippen LogP contribution in [0.2, 0.25) is 0 Å². The Kier molecular flexibility index (Phi) is 5.01. The highest BCUT2D eigenvalue weighted by Gasteiger charge is 2.25. The van der Waals surface area contributed by atoms with Crippen LogP contribution in [0.5, 0.6) is 0 Å². The first-order valence-corrected chi connectivity index (χ1v) is 8.55. The van der Waals surface area contributed by atoms with Crippen molar-refractivity contribution < 1.29 is 8.42 Å². The van der Waals surface area contributed by atoms with Gasteiger partial charge >= 0.3 is 0 Å². The normalized spacial score (nSPS) is 15.6. The summed E-state index contributed by atoms with van der Waals surface area (Å²) in [6, 6.07) is 7.74. The van der Waals surface area contributed by atoms with E-state index in [-0.39, 0.29) is 0 Å². The zero-order valence-electron chi connectivity index (χ0n) is 12.1. The van der Waals surface area contributed by atoms with E-state index in [1.54, 1.807) is 25.1 Å². The average molecular weight is 297 g/mol. The van der Waals surface area contributed by atoms with Gasteiger partial charge in [-0.3, -0.25) is 0 Å². The van der Waals surface area contributed by atoms with E-state index < -0.39 is 10.0 Å². The third kappa shape index (κ3) is 3.94. The molecule has 20 heavy (non-hydrogen) atoms. The number of hydrogen-bond acceptors (Lipinski definition) is 4. The first-order chi connectivity index (χ1) is 9.54. The molecule has 0 heterocycles. The van der Waals surface area contributed by atoms with Crippen LogP contribution in [0, 0.1) is 0 Å². The van der Waals surface area contributed by atoms with Crippen LogP contribution in [0.4, 0.5) is 5.69 Å². The summed E-state index contributed by atoms with van der Waals surface area (Å²) < 4.78 is 26.7. The lowest BCUT2D eigenvalue weighted by atomic mass is 10.3. The molecule has 0 aromatic heterocycles. The molecule has 1 fully saturated rings. The Morgan fingerprint density at radius 3 is 2.65 bits per heavy atom. The van der Waals surface area contributed by atoms with Crippen LogP contribution >= 0.6 is 0 Å². The highest BCUT2D eigenvalue weighted by molar-refractivity contribution is 7.89. The average Bonchev–Trinajstić information content (AvgIpc) is 3.23. The zero-order valence-corrected chi connectivity index (χ0v) is 12.9. The Hall–Kier alpha value is -1.11. The maximum atomic E-state index is 12.1. The molecule has 0 saturated heterocycles. The van der Waals surface area contributed by atoms with Crippen molar-refractivity contribution in [2.24, 2.45) is 0 Å². The number of rotatable bonds is 8. The van der Waals surface area contributed by atoms with Crippen LogP contribution in [-0.4, -0.2) is 46.0 Å². The monoisotopic (exact) mass is 297 g/mol. The van der Waals surface area contributed by atoms with Gasteiger partial charge < -0.3 is 10.2 Å². The number of para-hydroxylation sites is 1. The predicted octanol–water partition coefficient (Wildman–Crippen LogP) is 1.49. The smallest absolute Gasteiger partial charge is 0.242 e. The second kappa shape index (κ2) is 6.56. The van der Waals surface area contributed by atoms with Crippen molar-refractivity contribution in [2.75, 3.05) is 32.0 Å². The number of nitrogens with one attached hydrogen (secondary N) is 2. The number of hydrogen-bond donors (Lipinski definition) is 2. The topological polar surface area (TPSA) is 61.4 Å². The fourth-order valence-corrected chi connectivity index (χ4v) is 3.40. The lowest BCUT2D eigenvalue weighted by Gasteiger charge is -2.17. The minimum absolute atomic E-state index is 0.316. The minimum Gasteiger partial charge on any atom is -0.383 e. The van der Waals surface area contributed by atoms with Gasteiger partial charge in [0, 0.05) is 25.7 Å². The summed E-state index contributed by atoms with van der Waals surface area (Å²) >= 11 is 0. The quantitative estimate of drug-likeness (QED) is 0.763. The number of anilines is 1. The highest BCUT2D eigenvalue weighted by Crippen LogP contribution is 2.25. The molecule has 0 amide bonds. The van der Waals surface area contributed by atoms with Crippen molar-refractivity contribution in [3.8, 4) is 0 Å². The van der Waals surface area contributed by atoms with Gasteiger partial charge in [-0.2, -0.15) is 0 Å². The molecule has 0 aliphatic heterocycles. The second-order valence-electron chi connectivity index (χ2n) is 5.14. The molecule has 2 N–H and O–H groups in total. The van der Waals surface area contributed by atoms with Gasteiger partial charge in [-0.15, -0.1) is 0 Å². The van der Waals surface area contributed by atoms with E-state index in [0.717, 1.165) is 19.1 Å². The molecule has 1 aliphatic rings. The van der Waals surface area contributed by atoms with Crippen LogP contribution in [-0.2, 0) is 10.0 Å². The molecule has 5 nitrogen and oxygen atoms in total. The fourth-order valence-electron chi connectivity index (χ4n) is 2.18. The molecule has 2 rings (SSSR count). The molecule has 1 aromatic carbocycles. The van der Waals surface area contributed by atoms with E-state index >= 15 is 0 Å². The van der Waals surface area contributed by atoms with E-state index in [1.165, 1.54) is 12.8 Å². The molecule has 0 bridgehead atoms. The second-order valence-corrected chi connectivity index (χ2v) is 6.87. The Bertz CT molecular complexity index is 541. The summed E-state index contributed by atoms with van der Waals surface area (Å²) in [6.45, 7) is 3.82. The summed E-state index contributed by atoms with van der Waals surface area (Å²) in [5.74, 6) is 0. The SMILES string of the molecule is CCNS(=O)(=O)c1ccccc1NCCN(C)C1CC1. The van der Waals surface area contributed by atoms with E-state index in [4.69, 9.17) is 0 Å². The molecule has 112 valence electrons. The Morgan fingerprint density at radius 1 is 1.30 bits per heavy atom. The number of benzene rings is 1. The molecule has 0 atom stereocenters. The van der Waals surface area contributed by atoms with Gasteiger partial charge in [0.05, 0.1) is 5.69 Å². The zero-order chi connectivity index (χ0) is 14.6. The maximum Gasteiger partial charge on any atom is 0.242 e. The molecule has 6 heteroatoms. The minimum atomic E-state index is -3.42. The van der Waals surface area contributed by atoms with Crippen molar-refractivity contribution >= 4 is 15.7 Å². The van der Waals surface area contributed by atoms with Gasteiger partial charge in [0.2, 0.25) is 10.0 Å². The van der Waals surface area contributed by atoms with E-state index in [0.29, 0.717) is 17.1 Å². The van der Waals surface area contributed by atoms with Gasteiger partial charge in [-0.1, -0.05) is 19.1 Å². The van der Waals surface area contributed by atoms with Crippen LogP contribution < -0.4 is 10.0 Å². The van der Waals surface area contributed by atoms with Crippen LogP contribution in [0.1, 0.15) is 19.8 Å². The van der Waals surface area contributed by atoms with Gasteiger partial charge in [-0.25, -0.2) is 13.1 Å². The summed E-state index contributed by atoms with van der Waals surface area (Å²) in [5, 5.41) is 3.23. The number of likely N-dealkylation sites (N-methyl/N-ethyl adjacent to an activating group) is 1. The van der Waals surface area contributed by atoms with Crippen molar-refractivity contribution in [3.05, 3.63) is 24.3 Å². The van der Waals surface area contributed by atoms with E-state index in [2.05, 4.69) is 22.0 Å². The van der Waals surface area contributed by atoms with Crippen molar-refractivity contribution in [1.82, 2.24) is 9.62 Å². The Balaban J connectivity index is 2.00. The lowest BCUT2D eigenvalue weighted by Crippen LogP contribution is -2.28. The molecule has 0 unspecified atom stereocenters. The molecule has 1 aromatic rings. The van der Waals surface area contributed by atoms with E-state index in [1.807, 2.05) is 6.07 Å². The molecule has 0 radical (unpaired) electrons. The predicted molar refractivity (Wildman–Crippen MR) is 81.4 cm³/mol. The molecule has 1 aliphatic carbocycles. The van der Waals surface area contributed by atoms with E-state index in [9.17, 15) is 8.42 Å². The number of nitrogens with zero attached hydrogens (tertiary/aromatic N) is 1. The fraction of sp³-hybridized carbons (Fsp3) is 0.571. The molecular weight excluding hydrogens is 274 g/mol. The largest absolute Gasteiger partial charge is 0.383 e. The van der Waals surface area contributed by atoms with Gasteiger partial charge in [0.25, 0.3) is 0 Å². The first-order valence-electron chi connectivity index (χ1n) is 7.07. The van der Waals surface area contributed by atoms with Crippen LogP contribution in [0.3, 0.4) is 0 Å². The number of sulfonamides is 1. The van der Waals surface area contributed by atoms with Crippen molar-refractivity contribution in [1.29, 1.82) is 0 Å². The summed E-state index contributed by atoms with van der Waals surface area (Å²) in [6.07, 6.45) is 2.56. The first kappa shape index (κ1) is 15.3. The van der Waals surface area contributed by atoms with Crippen molar-refractivity contribution in [3.63, 3.8) is 0 Å². The van der Waals surface area contributed by atoms with Gasteiger partial charge in [-0.05, 0) is 32.0 Å².